The lowest BCUT2D eigenvalue weighted by molar-refractivity contribution is 0.306. The molecule has 0 aliphatic heterocycles. The van der Waals surface area contributed by atoms with Gasteiger partial charge in [-0.1, -0.05) is 43.7 Å². The Hall–Kier alpha value is -1.49. The van der Waals surface area contributed by atoms with Gasteiger partial charge in [-0.3, -0.25) is 5.10 Å². The lowest BCUT2D eigenvalue weighted by atomic mass is 10.2. The number of aromatic nitrogens is 3. The minimum absolute atomic E-state index is 0.806. The van der Waals surface area contributed by atoms with Gasteiger partial charge in [0.25, 0.3) is 0 Å². The fourth-order valence-corrected chi connectivity index (χ4v) is 2.37. The Morgan fingerprint density at radius 2 is 2.05 bits per heavy atom. The van der Waals surface area contributed by atoms with Crippen LogP contribution in [0.4, 0.5) is 0 Å². The highest BCUT2D eigenvalue weighted by molar-refractivity contribution is 7.98. The third kappa shape index (κ3) is 4.95. The zero-order valence-corrected chi connectivity index (χ0v) is 11.9. The number of thioether (sulfide) groups is 1. The number of unbranched alkanes of at least 4 members (excludes halogenated alkanes) is 2. The molecule has 0 radical (unpaired) electrons. The molecule has 0 amide bonds. The number of rotatable bonds is 8. The van der Waals surface area contributed by atoms with E-state index in [2.05, 4.69) is 34.2 Å². The summed E-state index contributed by atoms with van der Waals surface area (Å²) in [5.74, 6) is 1.83. The van der Waals surface area contributed by atoms with Crippen molar-refractivity contribution in [2.24, 2.45) is 0 Å². The van der Waals surface area contributed by atoms with Gasteiger partial charge in [0.15, 0.2) is 5.16 Å². The fourth-order valence-electron chi connectivity index (χ4n) is 1.64. The van der Waals surface area contributed by atoms with Crippen LogP contribution in [0.3, 0.4) is 0 Å². The zero-order valence-electron chi connectivity index (χ0n) is 11.1. The van der Waals surface area contributed by atoms with E-state index in [4.69, 9.17) is 4.74 Å². The maximum absolute atomic E-state index is 5.68. The summed E-state index contributed by atoms with van der Waals surface area (Å²) in [6, 6.07) is 8.25. The second-order valence-corrected chi connectivity index (χ2v) is 5.24. The van der Waals surface area contributed by atoms with Gasteiger partial charge in [-0.2, -0.15) is 5.10 Å². The van der Waals surface area contributed by atoms with Crippen LogP contribution in [0.5, 0.6) is 5.75 Å². The maximum Gasteiger partial charge on any atom is 0.183 e. The molecule has 0 unspecified atom stereocenters. The Bertz CT molecular complexity index is 456. The van der Waals surface area contributed by atoms with Crippen LogP contribution >= 0.6 is 11.8 Å². The van der Waals surface area contributed by atoms with Gasteiger partial charge < -0.3 is 4.74 Å². The third-order valence-corrected chi connectivity index (χ3v) is 3.66. The van der Waals surface area contributed by atoms with Crippen LogP contribution in [0.15, 0.2) is 35.7 Å². The van der Waals surface area contributed by atoms with Crippen molar-refractivity contribution in [3.63, 3.8) is 0 Å². The first-order valence-corrected chi connectivity index (χ1v) is 7.57. The molecule has 0 atom stereocenters. The summed E-state index contributed by atoms with van der Waals surface area (Å²) in [4.78, 5) is 4.08. The molecule has 1 aromatic carbocycles. The Balaban J connectivity index is 1.74. The predicted octanol–water partition coefficient (Wildman–Crippen LogP) is 3.67. The number of aromatic amines is 1. The summed E-state index contributed by atoms with van der Waals surface area (Å²) in [5, 5.41) is 7.50. The lowest BCUT2D eigenvalue weighted by Crippen LogP contribution is -1.96. The van der Waals surface area contributed by atoms with Gasteiger partial charge in [0.2, 0.25) is 0 Å². The first-order chi connectivity index (χ1) is 9.38. The van der Waals surface area contributed by atoms with Gasteiger partial charge in [-0.05, 0) is 24.1 Å². The van der Waals surface area contributed by atoms with Gasteiger partial charge in [-0.15, -0.1) is 0 Å². The van der Waals surface area contributed by atoms with Crippen LogP contribution in [0.1, 0.15) is 31.7 Å². The van der Waals surface area contributed by atoms with Crippen molar-refractivity contribution in [1.82, 2.24) is 15.2 Å². The Labute approximate surface area is 118 Å². The number of ether oxygens (including phenoxy) is 1. The highest BCUT2D eigenvalue weighted by atomic mass is 32.2. The summed E-state index contributed by atoms with van der Waals surface area (Å²) in [5.41, 5.74) is 1.25. The summed E-state index contributed by atoms with van der Waals surface area (Å²) in [6.45, 7) is 3.00. The van der Waals surface area contributed by atoms with Crippen molar-refractivity contribution in [2.75, 3.05) is 6.61 Å². The first-order valence-electron chi connectivity index (χ1n) is 6.58. The molecule has 0 saturated carbocycles. The lowest BCUT2D eigenvalue weighted by Gasteiger charge is -2.06. The molecule has 1 aromatic heterocycles. The number of H-pyrrole nitrogens is 1. The minimum Gasteiger partial charge on any atom is -0.494 e. The normalized spacial score (nSPS) is 10.6. The summed E-state index contributed by atoms with van der Waals surface area (Å²) >= 11 is 1.64. The van der Waals surface area contributed by atoms with E-state index in [1.54, 1.807) is 11.8 Å². The van der Waals surface area contributed by atoms with E-state index in [1.165, 1.54) is 24.7 Å². The second-order valence-electron chi connectivity index (χ2n) is 4.28. The zero-order chi connectivity index (χ0) is 13.3. The minimum atomic E-state index is 0.806. The SMILES string of the molecule is CCCCCOc1ccc(CSc2ncn[nH]2)cc1. The molecule has 0 aliphatic carbocycles. The van der Waals surface area contributed by atoms with E-state index in [0.29, 0.717) is 0 Å². The smallest absolute Gasteiger partial charge is 0.183 e. The van der Waals surface area contributed by atoms with Gasteiger partial charge in [-0.25, -0.2) is 4.98 Å². The third-order valence-electron chi connectivity index (χ3n) is 2.71. The van der Waals surface area contributed by atoms with Crippen molar-refractivity contribution < 1.29 is 4.74 Å². The number of hydrogen-bond donors (Lipinski definition) is 1. The van der Waals surface area contributed by atoms with Crippen LogP contribution < -0.4 is 4.74 Å². The monoisotopic (exact) mass is 277 g/mol. The van der Waals surface area contributed by atoms with Crippen LogP contribution in [0, 0.1) is 0 Å². The Morgan fingerprint density at radius 3 is 2.74 bits per heavy atom. The average Bonchev–Trinajstić information content (AvgIpc) is 2.96. The van der Waals surface area contributed by atoms with E-state index in [1.807, 2.05) is 12.1 Å². The molecule has 1 heterocycles. The van der Waals surface area contributed by atoms with Crippen molar-refractivity contribution in [2.45, 2.75) is 37.1 Å². The number of hydrogen-bond acceptors (Lipinski definition) is 4. The highest BCUT2D eigenvalue weighted by Crippen LogP contribution is 2.20. The quantitative estimate of drug-likeness (QED) is 0.591. The molecule has 1 N–H and O–H groups in total. The summed E-state index contributed by atoms with van der Waals surface area (Å²) in [6.07, 6.45) is 5.10. The molecule has 5 heteroatoms. The summed E-state index contributed by atoms with van der Waals surface area (Å²) < 4.78 is 5.68. The molecule has 19 heavy (non-hydrogen) atoms. The van der Waals surface area contributed by atoms with E-state index in [0.717, 1.165) is 29.7 Å². The van der Waals surface area contributed by atoms with Crippen LogP contribution in [0.25, 0.3) is 0 Å². The number of nitrogens with zero attached hydrogens (tertiary/aromatic N) is 2. The topological polar surface area (TPSA) is 50.8 Å². The Kier molecular flexibility index (Phi) is 5.75. The van der Waals surface area contributed by atoms with Crippen LogP contribution in [0.2, 0.25) is 0 Å². The molecule has 2 aromatic rings. The van der Waals surface area contributed by atoms with Crippen molar-refractivity contribution >= 4 is 11.8 Å². The summed E-state index contributed by atoms with van der Waals surface area (Å²) in [7, 11) is 0. The van der Waals surface area contributed by atoms with Gasteiger partial charge in [0.1, 0.15) is 12.1 Å². The predicted molar refractivity (Wildman–Crippen MR) is 77.4 cm³/mol. The van der Waals surface area contributed by atoms with Crippen molar-refractivity contribution in [1.29, 1.82) is 0 Å². The van der Waals surface area contributed by atoms with E-state index < -0.39 is 0 Å². The molecule has 2 rings (SSSR count). The molecule has 0 bridgehead atoms. The van der Waals surface area contributed by atoms with Crippen LogP contribution in [-0.2, 0) is 5.75 Å². The standard InChI is InChI=1S/C14H19N3OS/c1-2-3-4-9-18-13-7-5-12(6-8-13)10-19-14-15-11-16-17-14/h5-8,11H,2-4,9-10H2,1H3,(H,15,16,17). The largest absolute Gasteiger partial charge is 0.494 e. The van der Waals surface area contributed by atoms with Gasteiger partial charge in [0, 0.05) is 5.75 Å². The molecule has 0 spiro atoms. The Morgan fingerprint density at radius 1 is 1.21 bits per heavy atom. The van der Waals surface area contributed by atoms with E-state index in [-0.39, 0.29) is 0 Å². The molecule has 0 saturated heterocycles. The maximum atomic E-state index is 5.68. The van der Waals surface area contributed by atoms with E-state index >= 15 is 0 Å². The molecular formula is C14H19N3OS. The number of benzene rings is 1. The molecular weight excluding hydrogens is 258 g/mol. The van der Waals surface area contributed by atoms with Crippen molar-refractivity contribution in [3.05, 3.63) is 36.2 Å². The molecule has 0 fully saturated rings. The molecule has 102 valence electrons. The van der Waals surface area contributed by atoms with E-state index in [9.17, 15) is 0 Å². The fraction of sp³-hybridized carbons (Fsp3) is 0.429. The van der Waals surface area contributed by atoms with Crippen molar-refractivity contribution in [3.8, 4) is 5.75 Å². The molecule has 0 aliphatic rings. The van der Waals surface area contributed by atoms with Crippen LogP contribution in [-0.4, -0.2) is 21.8 Å². The number of nitrogens with one attached hydrogen (secondary N) is 1. The second kappa shape index (κ2) is 7.84. The first kappa shape index (κ1) is 13.9. The average molecular weight is 277 g/mol. The molecule has 4 nitrogen and oxygen atoms in total. The van der Waals surface area contributed by atoms with Gasteiger partial charge >= 0.3 is 0 Å². The van der Waals surface area contributed by atoms with Gasteiger partial charge in [0.05, 0.1) is 6.61 Å². The highest BCUT2D eigenvalue weighted by Gasteiger charge is 1.99.